The van der Waals surface area contributed by atoms with Gasteiger partial charge in [0.15, 0.2) is 6.10 Å². The van der Waals surface area contributed by atoms with Gasteiger partial charge in [-0.05, 0) is 69.0 Å². The number of esters is 1. The maximum absolute atomic E-state index is 14.6. The topological polar surface area (TPSA) is 65.8 Å². The van der Waals surface area contributed by atoms with Crippen LogP contribution in [0.15, 0.2) is 42.6 Å². The molecule has 0 amide bonds. The molecule has 0 N–H and O–H groups in total. The van der Waals surface area contributed by atoms with Crippen molar-refractivity contribution in [2.75, 3.05) is 32.7 Å². The van der Waals surface area contributed by atoms with Gasteiger partial charge in [0.05, 0.1) is 30.6 Å². The van der Waals surface area contributed by atoms with Crippen LogP contribution in [0.4, 0.5) is 19.0 Å². The second-order valence-electron chi connectivity index (χ2n) is 10.3. The van der Waals surface area contributed by atoms with Crippen LogP contribution in [0.25, 0.3) is 16.8 Å². The van der Waals surface area contributed by atoms with Gasteiger partial charge in [0.2, 0.25) is 0 Å². The number of ether oxygens (including phenoxy) is 3. The molecule has 0 saturated carbocycles. The van der Waals surface area contributed by atoms with Gasteiger partial charge in [0, 0.05) is 37.5 Å². The number of rotatable bonds is 6. The lowest BCUT2D eigenvalue weighted by Gasteiger charge is -2.30. The molecule has 0 aliphatic carbocycles. The van der Waals surface area contributed by atoms with E-state index in [1.54, 1.807) is 50.1 Å². The van der Waals surface area contributed by atoms with Gasteiger partial charge < -0.3 is 19.1 Å². The van der Waals surface area contributed by atoms with E-state index in [4.69, 9.17) is 14.2 Å². The van der Waals surface area contributed by atoms with Crippen molar-refractivity contribution in [3.8, 4) is 22.6 Å². The zero-order valence-electron chi connectivity index (χ0n) is 22.3. The first-order valence-corrected chi connectivity index (χ1v) is 12.3. The van der Waals surface area contributed by atoms with E-state index in [0.29, 0.717) is 29.4 Å². The van der Waals surface area contributed by atoms with Gasteiger partial charge in [-0.2, -0.15) is 18.3 Å². The Morgan fingerprint density at radius 1 is 1.13 bits per heavy atom. The Kier molecular flexibility index (Phi) is 7.47. The monoisotopic (exact) mass is 531 g/mol. The Morgan fingerprint density at radius 3 is 2.47 bits per heavy atom. The summed E-state index contributed by atoms with van der Waals surface area (Å²) >= 11 is 0. The smallest absolute Gasteiger partial charge is 0.416 e. The predicted octanol–water partition coefficient (Wildman–Crippen LogP) is 5.98. The van der Waals surface area contributed by atoms with Crippen LogP contribution in [0.1, 0.15) is 50.0 Å². The van der Waals surface area contributed by atoms with Crippen LogP contribution in [-0.4, -0.2) is 49.2 Å². The summed E-state index contributed by atoms with van der Waals surface area (Å²) in [6.45, 7) is 5.60. The molecule has 38 heavy (non-hydrogen) atoms. The van der Waals surface area contributed by atoms with Crippen LogP contribution in [-0.2, 0) is 26.9 Å². The quantitative estimate of drug-likeness (QED) is 0.365. The summed E-state index contributed by atoms with van der Waals surface area (Å²) in [5.74, 6) is 0.380. The van der Waals surface area contributed by atoms with Crippen molar-refractivity contribution in [3.63, 3.8) is 0 Å². The highest BCUT2D eigenvalue weighted by Crippen LogP contribution is 2.46. The number of benzene rings is 2. The molecule has 0 saturated heterocycles. The Morgan fingerprint density at radius 2 is 1.87 bits per heavy atom. The molecule has 0 spiro atoms. The van der Waals surface area contributed by atoms with Crippen LogP contribution in [0.2, 0.25) is 0 Å². The molecule has 3 aromatic rings. The van der Waals surface area contributed by atoms with E-state index in [9.17, 15) is 18.0 Å². The molecule has 1 aliphatic heterocycles. The molecule has 0 fully saturated rings. The molecule has 4 rings (SSSR count). The highest BCUT2D eigenvalue weighted by Gasteiger charge is 2.42. The minimum absolute atomic E-state index is 0.182. The Bertz CT molecular complexity index is 1330. The second kappa shape index (κ2) is 10.3. The molecule has 0 radical (unpaired) electrons. The van der Waals surface area contributed by atoms with Crippen molar-refractivity contribution in [2.45, 2.75) is 51.5 Å². The maximum Gasteiger partial charge on any atom is 0.416 e. The SMILES string of the molecule is COC(=O)C(OC(C)(C)C)c1c(C(F)(F)F)ccc(-n2ccc(N(C)C)n2)c1-c1ccc2c(c1)CCCO2. The van der Waals surface area contributed by atoms with Crippen LogP contribution >= 0.6 is 0 Å². The van der Waals surface area contributed by atoms with E-state index in [2.05, 4.69) is 5.10 Å². The van der Waals surface area contributed by atoms with E-state index in [1.807, 2.05) is 20.2 Å². The van der Waals surface area contributed by atoms with Gasteiger partial charge >= 0.3 is 12.1 Å². The number of anilines is 1. The minimum atomic E-state index is -4.77. The largest absolute Gasteiger partial charge is 0.493 e. The molecule has 10 heteroatoms. The maximum atomic E-state index is 14.6. The van der Waals surface area contributed by atoms with Gasteiger partial charge in [-0.3, -0.25) is 0 Å². The molecular formula is C28H32F3N3O4. The second-order valence-corrected chi connectivity index (χ2v) is 10.3. The number of methoxy groups -OCH3 is 1. The van der Waals surface area contributed by atoms with Crippen LogP contribution in [0.3, 0.4) is 0 Å². The first kappa shape index (κ1) is 27.5. The summed E-state index contributed by atoms with van der Waals surface area (Å²) in [7, 11) is 4.77. The molecule has 204 valence electrons. The van der Waals surface area contributed by atoms with Crippen LogP contribution in [0, 0.1) is 0 Å². The van der Waals surface area contributed by atoms with Gasteiger partial charge in [-0.15, -0.1) is 0 Å². The fourth-order valence-electron chi connectivity index (χ4n) is 4.51. The lowest BCUT2D eigenvalue weighted by molar-refractivity contribution is -0.166. The lowest BCUT2D eigenvalue weighted by atomic mass is 9.88. The summed E-state index contributed by atoms with van der Waals surface area (Å²) in [6.07, 6.45) is -3.24. The predicted molar refractivity (Wildman–Crippen MR) is 138 cm³/mol. The number of nitrogens with zero attached hydrogens (tertiary/aromatic N) is 3. The number of hydrogen-bond acceptors (Lipinski definition) is 6. The van der Waals surface area contributed by atoms with E-state index >= 15 is 0 Å². The number of fused-ring (bicyclic) bond motifs is 1. The number of carbonyl (C=O) groups excluding carboxylic acids is 1. The molecule has 1 atom stereocenters. The molecular weight excluding hydrogens is 499 g/mol. The fourth-order valence-corrected chi connectivity index (χ4v) is 4.51. The number of alkyl halides is 3. The van der Waals surface area contributed by atoms with E-state index < -0.39 is 29.4 Å². The first-order chi connectivity index (χ1) is 17.8. The number of halogens is 3. The zero-order valence-corrected chi connectivity index (χ0v) is 22.3. The lowest BCUT2D eigenvalue weighted by Crippen LogP contribution is -2.30. The van der Waals surface area contributed by atoms with Crippen molar-refractivity contribution >= 4 is 11.8 Å². The number of carbonyl (C=O) groups is 1. The van der Waals surface area contributed by atoms with Crippen molar-refractivity contribution in [1.29, 1.82) is 0 Å². The van der Waals surface area contributed by atoms with Crippen LogP contribution in [0.5, 0.6) is 5.75 Å². The van der Waals surface area contributed by atoms with Crippen LogP contribution < -0.4 is 9.64 Å². The molecule has 0 bridgehead atoms. The van der Waals surface area contributed by atoms with Gasteiger partial charge in [-0.25, -0.2) is 9.48 Å². The van der Waals surface area contributed by atoms with Gasteiger partial charge in [0.1, 0.15) is 11.6 Å². The average molecular weight is 532 g/mol. The van der Waals surface area contributed by atoms with Gasteiger partial charge in [0.25, 0.3) is 0 Å². The Labute approximate surface area is 220 Å². The Hall–Kier alpha value is -3.53. The zero-order chi connectivity index (χ0) is 27.8. The summed E-state index contributed by atoms with van der Waals surface area (Å²) < 4.78 is 61.9. The van der Waals surface area contributed by atoms with Crippen molar-refractivity contribution < 1.29 is 32.2 Å². The van der Waals surface area contributed by atoms with Crippen molar-refractivity contribution in [2.24, 2.45) is 0 Å². The molecule has 1 aliphatic rings. The summed E-state index contributed by atoms with van der Waals surface area (Å²) in [6, 6.07) is 9.37. The normalized spacial score (nSPS) is 14.4. The van der Waals surface area contributed by atoms with Crippen molar-refractivity contribution in [1.82, 2.24) is 9.78 Å². The summed E-state index contributed by atoms with van der Waals surface area (Å²) in [5.41, 5.74) is -0.351. The Balaban J connectivity index is 2.10. The molecule has 1 unspecified atom stereocenters. The standard InChI is InChI=1S/C28H32F3N3O4/c1-27(2,3)38-25(26(35)36-6)24-19(28(29,30)31)10-11-20(34-14-13-22(32-34)33(4)5)23(24)18-9-12-21-17(16-18)8-7-15-37-21/h9-14,16,25H,7-8,15H2,1-6H3. The fraction of sp³-hybridized carbons (Fsp3) is 0.429. The summed E-state index contributed by atoms with van der Waals surface area (Å²) in [4.78, 5) is 14.9. The van der Waals surface area contributed by atoms with E-state index in [0.717, 1.165) is 31.6 Å². The van der Waals surface area contributed by atoms with E-state index in [1.165, 1.54) is 10.7 Å². The molecule has 2 aromatic carbocycles. The summed E-state index contributed by atoms with van der Waals surface area (Å²) in [5, 5.41) is 4.57. The number of hydrogen-bond donors (Lipinski definition) is 0. The third-order valence-electron chi connectivity index (χ3n) is 6.15. The molecule has 1 aromatic heterocycles. The minimum Gasteiger partial charge on any atom is -0.493 e. The third-order valence-corrected chi connectivity index (χ3v) is 6.15. The first-order valence-electron chi connectivity index (χ1n) is 12.3. The third kappa shape index (κ3) is 5.65. The molecule has 7 nitrogen and oxygen atoms in total. The van der Waals surface area contributed by atoms with E-state index in [-0.39, 0.29) is 11.1 Å². The highest BCUT2D eigenvalue weighted by molar-refractivity contribution is 5.86. The van der Waals surface area contributed by atoms with Gasteiger partial charge in [-0.1, -0.05) is 6.07 Å². The van der Waals surface area contributed by atoms with Crippen molar-refractivity contribution in [3.05, 3.63) is 59.3 Å². The molecule has 2 heterocycles. The number of aromatic nitrogens is 2. The highest BCUT2D eigenvalue weighted by atomic mass is 19.4. The average Bonchev–Trinajstić information content (AvgIpc) is 3.35. The number of aryl methyl sites for hydroxylation is 1.